The zero-order valence-corrected chi connectivity index (χ0v) is 19.7. The van der Waals surface area contributed by atoms with E-state index in [2.05, 4.69) is 104 Å². The maximum Gasteiger partial charge on any atom is 0.0776 e. The Labute approximate surface area is 167 Å². The molecule has 0 nitrogen and oxygen atoms in total. The van der Waals surface area contributed by atoms with Crippen LogP contribution in [0.2, 0.25) is 19.6 Å². The van der Waals surface area contributed by atoms with Crippen LogP contribution in [0, 0.1) is 0 Å². The smallest absolute Gasteiger partial charge is 0.0656 e. The first-order chi connectivity index (χ1) is 12.2. The molecule has 0 heterocycles. The van der Waals surface area contributed by atoms with E-state index in [1.807, 2.05) is 0 Å². The number of rotatable bonds is 2. The van der Waals surface area contributed by atoms with Gasteiger partial charge in [-0.1, -0.05) is 109 Å². The number of allylic oxidation sites excluding steroid dienone is 1. The minimum absolute atomic E-state index is 0.160. The molecule has 1 aliphatic carbocycles. The van der Waals surface area contributed by atoms with Crippen molar-refractivity contribution in [3.8, 4) is 0 Å². The lowest BCUT2D eigenvalue weighted by atomic mass is 9.78. The highest BCUT2D eigenvalue weighted by Crippen LogP contribution is 2.36. The van der Waals surface area contributed by atoms with E-state index < -0.39 is 8.07 Å². The van der Waals surface area contributed by atoms with Crippen molar-refractivity contribution in [3.05, 3.63) is 64.2 Å². The fourth-order valence-electron chi connectivity index (χ4n) is 3.67. The van der Waals surface area contributed by atoms with Crippen LogP contribution >= 0.6 is 0 Å². The molecule has 0 fully saturated rings. The van der Waals surface area contributed by atoms with E-state index in [1.54, 1.807) is 5.19 Å². The molecule has 144 valence electrons. The van der Waals surface area contributed by atoms with Crippen molar-refractivity contribution < 1.29 is 0 Å². The Morgan fingerprint density at radius 3 is 1.78 bits per heavy atom. The average molecular weight is 377 g/mol. The molecule has 0 atom stereocenters. The zero-order chi connectivity index (χ0) is 20.2. The normalized spacial score (nSPS) is 14.9. The second kappa shape index (κ2) is 6.48. The van der Waals surface area contributed by atoms with Gasteiger partial charge in [-0.15, -0.1) is 0 Å². The predicted molar refractivity (Wildman–Crippen MR) is 125 cm³/mol. The summed E-state index contributed by atoms with van der Waals surface area (Å²) < 4.78 is 0. The second-order valence-corrected chi connectivity index (χ2v) is 16.4. The van der Waals surface area contributed by atoms with E-state index in [9.17, 15) is 0 Å². The SMILES string of the molecule is CC(C)(C)c1cc(C2=Cc3cc([Si](C)(C)C)ccc3C2)cc(C(C)(C)C)c1. The molecule has 0 bridgehead atoms. The number of hydrogen-bond acceptors (Lipinski definition) is 0. The maximum atomic E-state index is 2.45. The summed E-state index contributed by atoms with van der Waals surface area (Å²) in [4.78, 5) is 0. The molecule has 0 saturated heterocycles. The first-order valence-electron chi connectivity index (χ1n) is 10.3. The molecule has 0 N–H and O–H groups in total. The van der Waals surface area contributed by atoms with Crippen molar-refractivity contribution in [2.75, 3.05) is 0 Å². The number of fused-ring (bicyclic) bond motifs is 1. The zero-order valence-electron chi connectivity index (χ0n) is 18.7. The van der Waals surface area contributed by atoms with Gasteiger partial charge in [0.2, 0.25) is 0 Å². The largest absolute Gasteiger partial charge is 0.0776 e. The van der Waals surface area contributed by atoms with Crippen LogP contribution in [0.1, 0.15) is 69.4 Å². The Hall–Kier alpha value is -1.60. The fourth-order valence-corrected chi connectivity index (χ4v) is 4.84. The van der Waals surface area contributed by atoms with Crippen molar-refractivity contribution in [2.45, 2.75) is 78.4 Å². The first kappa shape index (κ1) is 20.1. The number of hydrogen-bond donors (Lipinski definition) is 0. The summed E-state index contributed by atoms with van der Waals surface area (Å²) in [5.41, 5.74) is 8.97. The maximum absolute atomic E-state index is 2.45. The highest BCUT2D eigenvalue weighted by molar-refractivity contribution is 6.88. The van der Waals surface area contributed by atoms with Gasteiger partial charge >= 0.3 is 0 Å². The third-order valence-corrected chi connectivity index (χ3v) is 7.80. The minimum Gasteiger partial charge on any atom is -0.0656 e. The van der Waals surface area contributed by atoms with Crippen LogP contribution in [0.4, 0.5) is 0 Å². The Kier molecular flexibility index (Phi) is 4.83. The van der Waals surface area contributed by atoms with Crippen molar-refractivity contribution >= 4 is 24.9 Å². The summed E-state index contributed by atoms with van der Waals surface area (Å²) in [5.74, 6) is 0. The molecule has 27 heavy (non-hydrogen) atoms. The van der Waals surface area contributed by atoms with Crippen LogP contribution in [0.5, 0.6) is 0 Å². The minimum atomic E-state index is -1.27. The Bertz CT molecular complexity index is 861. The molecule has 0 unspecified atom stereocenters. The molecule has 0 aliphatic heterocycles. The molecule has 1 heteroatoms. The lowest BCUT2D eigenvalue weighted by Crippen LogP contribution is -2.37. The van der Waals surface area contributed by atoms with Gasteiger partial charge in [0.05, 0.1) is 8.07 Å². The van der Waals surface area contributed by atoms with Crippen molar-refractivity contribution in [1.82, 2.24) is 0 Å². The van der Waals surface area contributed by atoms with Gasteiger partial charge in [-0.05, 0) is 50.6 Å². The topological polar surface area (TPSA) is 0 Å². The Morgan fingerprint density at radius 1 is 0.741 bits per heavy atom. The summed E-state index contributed by atoms with van der Waals surface area (Å²) in [7, 11) is -1.27. The van der Waals surface area contributed by atoms with Crippen molar-refractivity contribution in [3.63, 3.8) is 0 Å². The molecule has 0 amide bonds. The van der Waals surface area contributed by atoms with Gasteiger partial charge in [0.1, 0.15) is 0 Å². The monoisotopic (exact) mass is 376 g/mol. The average Bonchev–Trinajstić information content (AvgIpc) is 2.95. The van der Waals surface area contributed by atoms with Crippen LogP contribution in [-0.2, 0) is 17.3 Å². The Balaban J connectivity index is 2.08. The molecule has 2 aromatic rings. The lowest BCUT2D eigenvalue weighted by molar-refractivity contribution is 0.568. The molecule has 0 saturated carbocycles. The molecule has 0 spiro atoms. The van der Waals surface area contributed by atoms with E-state index in [4.69, 9.17) is 0 Å². The number of benzene rings is 2. The van der Waals surface area contributed by atoms with Gasteiger partial charge in [0.25, 0.3) is 0 Å². The highest BCUT2D eigenvalue weighted by atomic mass is 28.3. The van der Waals surface area contributed by atoms with E-state index in [-0.39, 0.29) is 10.8 Å². The van der Waals surface area contributed by atoms with Gasteiger partial charge in [-0.2, -0.15) is 0 Å². The van der Waals surface area contributed by atoms with E-state index in [0.29, 0.717) is 0 Å². The third kappa shape index (κ3) is 4.29. The third-order valence-electron chi connectivity index (χ3n) is 5.76. The quantitative estimate of drug-likeness (QED) is 0.499. The summed E-state index contributed by atoms with van der Waals surface area (Å²) in [6.07, 6.45) is 3.49. The van der Waals surface area contributed by atoms with Crippen LogP contribution in [0.3, 0.4) is 0 Å². The predicted octanol–water partition coefficient (Wildman–Crippen LogP) is 6.92. The van der Waals surface area contributed by atoms with Crippen LogP contribution in [0.25, 0.3) is 11.6 Å². The van der Waals surface area contributed by atoms with Crippen LogP contribution in [0.15, 0.2) is 36.4 Å². The van der Waals surface area contributed by atoms with E-state index >= 15 is 0 Å². The van der Waals surface area contributed by atoms with E-state index in [0.717, 1.165) is 6.42 Å². The summed E-state index contributed by atoms with van der Waals surface area (Å²) in [5, 5.41) is 1.55. The summed E-state index contributed by atoms with van der Waals surface area (Å²) in [6, 6.07) is 14.4. The van der Waals surface area contributed by atoms with Gasteiger partial charge in [-0.3, -0.25) is 0 Å². The highest BCUT2D eigenvalue weighted by Gasteiger charge is 2.24. The van der Waals surface area contributed by atoms with Crippen LogP contribution < -0.4 is 5.19 Å². The van der Waals surface area contributed by atoms with E-state index in [1.165, 1.54) is 33.4 Å². The van der Waals surface area contributed by atoms with Gasteiger partial charge in [0.15, 0.2) is 0 Å². The molecular formula is C26H36Si. The standard InChI is InChI=1S/C26H36Si/c1-25(2,3)22-14-21(15-23(17-22)26(4,5)6)19-12-18-10-11-24(27(7,8)9)16-20(18)13-19/h10-11,13-17H,12H2,1-9H3. The molecular weight excluding hydrogens is 340 g/mol. The molecule has 3 rings (SSSR count). The lowest BCUT2D eigenvalue weighted by Gasteiger charge is -2.26. The van der Waals surface area contributed by atoms with Gasteiger partial charge in [0, 0.05) is 0 Å². The van der Waals surface area contributed by atoms with Crippen molar-refractivity contribution in [2.24, 2.45) is 0 Å². The molecule has 0 aromatic heterocycles. The van der Waals surface area contributed by atoms with Gasteiger partial charge in [-0.25, -0.2) is 0 Å². The Morgan fingerprint density at radius 2 is 1.30 bits per heavy atom. The molecule has 2 aromatic carbocycles. The molecule has 1 aliphatic rings. The summed E-state index contributed by atoms with van der Waals surface area (Å²) in [6.45, 7) is 21.2. The van der Waals surface area contributed by atoms with Crippen molar-refractivity contribution in [1.29, 1.82) is 0 Å². The summed E-state index contributed by atoms with van der Waals surface area (Å²) >= 11 is 0. The molecule has 0 radical (unpaired) electrons. The van der Waals surface area contributed by atoms with Gasteiger partial charge < -0.3 is 0 Å². The second-order valence-electron chi connectivity index (χ2n) is 11.3. The fraction of sp³-hybridized carbons (Fsp3) is 0.462. The van der Waals surface area contributed by atoms with Crippen LogP contribution in [-0.4, -0.2) is 8.07 Å². The first-order valence-corrected chi connectivity index (χ1v) is 13.8.